The van der Waals surface area contributed by atoms with Gasteiger partial charge in [-0.3, -0.25) is 4.79 Å². The van der Waals surface area contributed by atoms with Crippen LogP contribution in [0.1, 0.15) is 39.2 Å². The zero-order valence-corrected chi connectivity index (χ0v) is 14.4. The van der Waals surface area contributed by atoms with Crippen molar-refractivity contribution in [2.45, 2.75) is 46.1 Å². The Labute approximate surface area is 142 Å². The molecule has 5 heteroatoms. The first-order valence-electron chi connectivity index (χ1n) is 7.89. The lowest BCUT2D eigenvalue weighted by atomic mass is 10.1. The molecule has 0 aliphatic rings. The summed E-state index contributed by atoms with van der Waals surface area (Å²) >= 11 is 0. The standard InChI is InChI=1S/C19H25NO4/c1-13(2)5-4-6-14(3)11-18(22)20-17(19(23)24)12-15-7-9-16(21)10-8-15/h5,7-11,17,21H,4,6,12H2,1-3H3,(H,20,22)(H,23,24)/b14-11+/t17-/m0/s1. The van der Waals surface area contributed by atoms with Gasteiger partial charge in [0.05, 0.1) is 0 Å². The Balaban J connectivity index is 2.64. The highest BCUT2D eigenvalue weighted by atomic mass is 16.4. The zero-order valence-electron chi connectivity index (χ0n) is 14.4. The van der Waals surface area contributed by atoms with Crippen LogP contribution in [-0.4, -0.2) is 28.1 Å². The van der Waals surface area contributed by atoms with E-state index < -0.39 is 17.9 Å². The summed E-state index contributed by atoms with van der Waals surface area (Å²) in [5.41, 5.74) is 2.86. The van der Waals surface area contributed by atoms with Crippen molar-refractivity contribution in [1.82, 2.24) is 5.32 Å². The summed E-state index contributed by atoms with van der Waals surface area (Å²) < 4.78 is 0. The van der Waals surface area contributed by atoms with Crippen molar-refractivity contribution in [2.75, 3.05) is 0 Å². The molecule has 1 amide bonds. The van der Waals surface area contributed by atoms with Gasteiger partial charge in [-0.25, -0.2) is 4.79 Å². The molecule has 5 nitrogen and oxygen atoms in total. The number of phenolic OH excluding ortho intramolecular Hbond substituents is 1. The van der Waals surface area contributed by atoms with Crippen LogP contribution >= 0.6 is 0 Å². The average molecular weight is 331 g/mol. The molecule has 24 heavy (non-hydrogen) atoms. The number of aromatic hydroxyl groups is 1. The van der Waals surface area contributed by atoms with Crippen LogP contribution in [0.15, 0.2) is 47.6 Å². The van der Waals surface area contributed by atoms with Crippen LogP contribution in [0.5, 0.6) is 5.75 Å². The summed E-state index contributed by atoms with van der Waals surface area (Å²) in [5.74, 6) is -1.38. The van der Waals surface area contributed by atoms with E-state index in [1.54, 1.807) is 12.1 Å². The largest absolute Gasteiger partial charge is 0.508 e. The van der Waals surface area contributed by atoms with E-state index in [1.165, 1.54) is 23.8 Å². The van der Waals surface area contributed by atoms with Crippen LogP contribution in [0.2, 0.25) is 0 Å². The number of allylic oxidation sites excluding steroid dienone is 3. The predicted molar refractivity (Wildman–Crippen MR) is 93.8 cm³/mol. The maximum atomic E-state index is 12.0. The molecule has 1 atom stereocenters. The summed E-state index contributed by atoms with van der Waals surface area (Å²) in [5, 5.41) is 21.1. The molecule has 0 bridgehead atoms. The maximum absolute atomic E-state index is 12.0. The monoisotopic (exact) mass is 331 g/mol. The van der Waals surface area contributed by atoms with Crippen LogP contribution < -0.4 is 5.32 Å². The minimum absolute atomic E-state index is 0.115. The minimum atomic E-state index is -1.09. The lowest BCUT2D eigenvalue weighted by Crippen LogP contribution is -2.41. The molecule has 3 N–H and O–H groups in total. The first-order chi connectivity index (χ1) is 11.3. The van der Waals surface area contributed by atoms with E-state index in [1.807, 2.05) is 20.8 Å². The highest BCUT2D eigenvalue weighted by Crippen LogP contribution is 2.12. The third-order valence-corrected chi connectivity index (χ3v) is 3.46. The fourth-order valence-corrected chi connectivity index (χ4v) is 2.17. The molecule has 0 saturated carbocycles. The van der Waals surface area contributed by atoms with Crippen LogP contribution in [-0.2, 0) is 16.0 Å². The first kappa shape index (κ1) is 19.5. The number of rotatable bonds is 8. The highest BCUT2D eigenvalue weighted by molar-refractivity contribution is 5.91. The van der Waals surface area contributed by atoms with E-state index in [4.69, 9.17) is 0 Å². The zero-order chi connectivity index (χ0) is 18.1. The first-order valence-corrected chi connectivity index (χ1v) is 7.89. The molecule has 0 radical (unpaired) electrons. The van der Waals surface area contributed by atoms with Gasteiger partial charge in [0, 0.05) is 12.5 Å². The lowest BCUT2D eigenvalue weighted by molar-refractivity contribution is -0.141. The molecule has 0 spiro atoms. The van der Waals surface area contributed by atoms with Crippen LogP contribution in [0.25, 0.3) is 0 Å². The molecule has 1 aromatic carbocycles. The lowest BCUT2D eigenvalue weighted by Gasteiger charge is -2.14. The van der Waals surface area contributed by atoms with Crippen molar-refractivity contribution in [3.05, 3.63) is 53.1 Å². The second kappa shape index (κ2) is 9.55. The smallest absolute Gasteiger partial charge is 0.326 e. The number of amides is 1. The van der Waals surface area contributed by atoms with Gasteiger partial charge in [-0.15, -0.1) is 0 Å². The maximum Gasteiger partial charge on any atom is 0.326 e. The number of carboxylic acid groups (broad SMARTS) is 1. The summed E-state index contributed by atoms with van der Waals surface area (Å²) in [6.07, 6.45) is 5.32. The number of hydrogen-bond donors (Lipinski definition) is 3. The number of nitrogens with one attached hydrogen (secondary N) is 1. The quantitative estimate of drug-likeness (QED) is 0.504. The van der Waals surface area contributed by atoms with Crippen molar-refractivity contribution >= 4 is 11.9 Å². The fourth-order valence-electron chi connectivity index (χ4n) is 2.17. The van der Waals surface area contributed by atoms with E-state index >= 15 is 0 Å². The summed E-state index contributed by atoms with van der Waals surface area (Å²) in [4.78, 5) is 23.3. The molecular weight excluding hydrogens is 306 g/mol. The number of benzene rings is 1. The van der Waals surface area contributed by atoms with E-state index in [-0.39, 0.29) is 12.2 Å². The summed E-state index contributed by atoms with van der Waals surface area (Å²) in [6, 6.07) is 5.24. The Kier molecular flexibility index (Phi) is 7.75. The summed E-state index contributed by atoms with van der Waals surface area (Å²) in [6.45, 7) is 5.90. The number of aliphatic carboxylic acids is 1. The molecule has 0 saturated heterocycles. The van der Waals surface area contributed by atoms with E-state index in [0.717, 1.165) is 24.0 Å². The Morgan fingerprint density at radius 1 is 1.17 bits per heavy atom. The number of carboxylic acids is 1. The Morgan fingerprint density at radius 2 is 1.79 bits per heavy atom. The van der Waals surface area contributed by atoms with E-state index in [2.05, 4.69) is 11.4 Å². The third-order valence-electron chi connectivity index (χ3n) is 3.46. The van der Waals surface area contributed by atoms with Crippen molar-refractivity contribution < 1.29 is 19.8 Å². The molecule has 0 aromatic heterocycles. The SMILES string of the molecule is CC(C)=CCC/C(C)=C/C(=O)N[C@@H](Cc1ccc(O)cc1)C(=O)O. The van der Waals surface area contributed by atoms with E-state index in [0.29, 0.717) is 0 Å². The minimum Gasteiger partial charge on any atom is -0.508 e. The van der Waals surface area contributed by atoms with Crippen LogP contribution in [0.3, 0.4) is 0 Å². The molecule has 130 valence electrons. The van der Waals surface area contributed by atoms with Crippen molar-refractivity contribution in [3.63, 3.8) is 0 Å². The second-order valence-corrected chi connectivity index (χ2v) is 6.08. The van der Waals surface area contributed by atoms with Crippen molar-refractivity contribution in [3.8, 4) is 5.75 Å². The van der Waals surface area contributed by atoms with Crippen LogP contribution in [0.4, 0.5) is 0 Å². The summed E-state index contributed by atoms with van der Waals surface area (Å²) in [7, 11) is 0. The molecule has 0 aliphatic heterocycles. The van der Waals surface area contributed by atoms with Crippen molar-refractivity contribution in [2.24, 2.45) is 0 Å². The topological polar surface area (TPSA) is 86.6 Å². The fraction of sp³-hybridized carbons (Fsp3) is 0.368. The Hall–Kier alpha value is -2.56. The Bertz CT molecular complexity index is 625. The molecule has 0 heterocycles. The number of hydrogen-bond acceptors (Lipinski definition) is 3. The van der Waals surface area contributed by atoms with Gasteiger partial charge in [0.1, 0.15) is 11.8 Å². The van der Waals surface area contributed by atoms with Gasteiger partial charge < -0.3 is 15.5 Å². The van der Waals surface area contributed by atoms with Crippen molar-refractivity contribution in [1.29, 1.82) is 0 Å². The van der Waals surface area contributed by atoms with E-state index in [9.17, 15) is 19.8 Å². The number of phenols is 1. The molecular formula is C19H25NO4. The van der Waals surface area contributed by atoms with Gasteiger partial charge in [0.25, 0.3) is 0 Å². The van der Waals surface area contributed by atoms with Gasteiger partial charge >= 0.3 is 5.97 Å². The van der Waals surface area contributed by atoms with Gasteiger partial charge in [-0.05, 0) is 51.3 Å². The number of carbonyl (C=O) groups is 2. The van der Waals surface area contributed by atoms with Crippen LogP contribution in [0, 0.1) is 0 Å². The molecule has 1 rings (SSSR count). The predicted octanol–water partition coefficient (Wildman–Crippen LogP) is 3.20. The normalized spacial score (nSPS) is 12.4. The van der Waals surface area contributed by atoms with Gasteiger partial charge in [-0.2, -0.15) is 0 Å². The molecule has 0 fully saturated rings. The number of carbonyl (C=O) groups excluding carboxylic acids is 1. The molecule has 1 aromatic rings. The van der Waals surface area contributed by atoms with Gasteiger partial charge in [0.2, 0.25) is 5.91 Å². The highest BCUT2D eigenvalue weighted by Gasteiger charge is 2.19. The van der Waals surface area contributed by atoms with Gasteiger partial charge in [0.15, 0.2) is 0 Å². The Morgan fingerprint density at radius 3 is 2.33 bits per heavy atom. The molecule has 0 unspecified atom stereocenters. The van der Waals surface area contributed by atoms with Gasteiger partial charge in [-0.1, -0.05) is 29.4 Å². The molecule has 0 aliphatic carbocycles. The second-order valence-electron chi connectivity index (χ2n) is 6.08. The third kappa shape index (κ3) is 7.63. The average Bonchev–Trinajstić information content (AvgIpc) is 2.48.